The van der Waals surface area contributed by atoms with Gasteiger partial charge >= 0.3 is 0 Å². The maximum absolute atomic E-state index is 13.8. The molecule has 1 aromatic carbocycles. The van der Waals surface area contributed by atoms with Crippen molar-refractivity contribution in [1.82, 2.24) is 14.8 Å². The van der Waals surface area contributed by atoms with Crippen molar-refractivity contribution in [2.24, 2.45) is 5.73 Å². The average Bonchev–Trinajstić information content (AvgIpc) is 3.26. The van der Waals surface area contributed by atoms with E-state index in [0.29, 0.717) is 24.2 Å². The molecule has 29 heavy (non-hydrogen) atoms. The molecule has 0 radical (unpaired) electrons. The molecule has 0 bridgehead atoms. The van der Waals surface area contributed by atoms with Crippen molar-refractivity contribution in [3.63, 3.8) is 0 Å². The molecule has 2 heterocycles. The number of aryl methyl sites for hydroxylation is 2. The van der Waals surface area contributed by atoms with Gasteiger partial charge in [0.25, 0.3) is 0 Å². The van der Waals surface area contributed by atoms with Gasteiger partial charge in [-0.1, -0.05) is 23.4 Å². The van der Waals surface area contributed by atoms with Crippen LogP contribution >= 0.6 is 0 Å². The summed E-state index contributed by atoms with van der Waals surface area (Å²) in [6.45, 7) is 5.20. The van der Waals surface area contributed by atoms with E-state index in [1.54, 1.807) is 26.0 Å². The number of nitrogens with one attached hydrogen (secondary N) is 1. The Morgan fingerprint density at radius 1 is 1.38 bits per heavy atom. The number of nitrogens with zero attached hydrogens (tertiary/aromatic N) is 2. The second-order valence-corrected chi connectivity index (χ2v) is 9.39. The predicted molar refractivity (Wildman–Crippen MR) is 108 cm³/mol. The van der Waals surface area contributed by atoms with Gasteiger partial charge in [0.2, 0.25) is 10.0 Å². The summed E-state index contributed by atoms with van der Waals surface area (Å²) in [6.07, 6.45) is 3.15. The number of hydrogen-bond acceptors (Lipinski definition) is 6. The van der Waals surface area contributed by atoms with Crippen molar-refractivity contribution in [2.75, 3.05) is 19.6 Å². The zero-order valence-corrected chi connectivity index (χ0v) is 17.7. The number of sulfonamides is 1. The number of nitrogens with two attached hydrogens (primary N) is 1. The highest BCUT2D eigenvalue weighted by atomic mass is 32.2. The Morgan fingerprint density at radius 2 is 2.14 bits per heavy atom. The van der Waals surface area contributed by atoms with Gasteiger partial charge in [-0.15, -0.1) is 0 Å². The van der Waals surface area contributed by atoms with E-state index in [1.165, 1.54) is 6.07 Å². The number of hydrogen-bond donors (Lipinski definition) is 2. The van der Waals surface area contributed by atoms with E-state index in [9.17, 15) is 12.8 Å². The maximum atomic E-state index is 13.8. The van der Waals surface area contributed by atoms with Crippen LogP contribution in [0, 0.1) is 19.7 Å². The zero-order chi connectivity index (χ0) is 21.0. The first-order valence-electron chi connectivity index (χ1n) is 9.93. The fraction of sp³-hybridized carbons (Fsp3) is 0.550. The van der Waals surface area contributed by atoms with Gasteiger partial charge in [0.15, 0.2) is 5.76 Å². The molecule has 9 heteroatoms. The van der Waals surface area contributed by atoms with Crippen LogP contribution < -0.4 is 10.5 Å². The first-order valence-corrected chi connectivity index (χ1v) is 11.4. The van der Waals surface area contributed by atoms with Gasteiger partial charge in [0.1, 0.15) is 16.4 Å². The molecule has 1 fully saturated rings. The molecular formula is C20H29FN4O3S. The number of likely N-dealkylation sites (tertiary alicyclic amines) is 1. The number of aromatic nitrogens is 1. The lowest BCUT2D eigenvalue weighted by atomic mass is 10.0. The third-order valence-electron chi connectivity index (χ3n) is 5.47. The van der Waals surface area contributed by atoms with Crippen LogP contribution in [0.25, 0.3) is 0 Å². The van der Waals surface area contributed by atoms with Gasteiger partial charge in [0, 0.05) is 18.6 Å². The minimum absolute atomic E-state index is 0.117. The van der Waals surface area contributed by atoms with E-state index in [4.69, 9.17) is 10.3 Å². The minimum Gasteiger partial charge on any atom is -0.360 e. The lowest BCUT2D eigenvalue weighted by Gasteiger charge is -2.26. The van der Waals surface area contributed by atoms with Crippen molar-refractivity contribution >= 4 is 10.0 Å². The molecule has 0 amide bonds. The monoisotopic (exact) mass is 424 g/mol. The number of halogens is 1. The van der Waals surface area contributed by atoms with Gasteiger partial charge in [-0.2, -0.15) is 0 Å². The summed E-state index contributed by atoms with van der Waals surface area (Å²) < 4.78 is 46.7. The summed E-state index contributed by atoms with van der Waals surface area (Å²) in [7, 11) is -3.67. The molecule has 160 valence electrons. The van der Waals surface area contributed by atoms with Crippen LogP contribution in [0.5, 0.6) is 0 Å². The highest BCUT2D eigenvalue weighted by Gasteiger charge is 2.29. The van der Waals surface area contributed by atoms with Gasteiger partial charge in [-0.3, -0.25) is 4.90 Å². The third-order valence-corrected chi connectivity index (χ3v) is 7.14. The van der Waals surface area contributed by atoms with Crippen LogP contribution in [-0.2, 0) is 16.4 Å². The van der Waals surface area contributed by atoms with Crippen LogP contribution in [-0.4, -0.2) is 50.2 Å². The van der Waals surface area contributed by atoms with Crippen LogP contribution in [0.1, 0.15) is 36.3 Å². The first kappa shape index (κ1) is 21.9. The van der Waals surface area contributed by atoms with E-state index in [-0.39, 0.29) is 28.6 Å². The molecule has 1 aliphatic rings. The Bertz CT molecular complexity index is 912. The molecule has 0 unspecified atom stereocenters. The molecule has 7 nitrogen and oxygen atoms in total. The lowest BCUT2D eigenvalue weighted by molar-refractivity contribution is 0.244. The Morgan fingerprint density at radius 3 is 2.83 bits per heavy atom. The van der Waals surface area contributed by atoms with Gasteiger partial charge < -0.3 is 10.3 Å². The zero-order valence-electron chi connectivity index (χ0n) is 16.9. The Balaban J connectivity index is 1.52. The lowest BCUT2D eigenvalue weighted by Crippen LogP contribution is -2.42. The van der Waals surface area contributed by atoms with Crippen molar-refractivity contribution in [1.29, 1.82) is 0 Å². The second-order valence-electron chi connectivity index (χ2n) is 7.68. The average molecular weight is 425 g/mol. The van der Waals surface area contributed by atoms with E-state index < -0.39 is 10.0 Å². The largest absolute Gasteiger partial charge is 0.360 e. The summed E-state index contributed by atoms with van der Waals surface area (Å²) in [5.74, 6) is 0.0631. The normalized spacial score (nSPS) is 19.0. The fourth-order valence-electron chi connectivity index (χ4n) is 3.94. The summed E-state index contributed by atoms with van der Waals surface area (Å²) >= 11 is 0. The molecular weight excluding hydrogens is 395 g/mol. The smallest absolute Gasteiger partial charge is 0.246 e. The van der Waals surface area contributed by atoms with E-state index in [2.05, 4.69) is 14.8 Å². The molecule has 0 saturated carbocycles. The Hall–Kier alpha value is -1.81. The molecule has 1 aliphatic heterocycles. The van der Waals surface area contributed by atoms with Crippen molar-refractivity contribution in [2.45, 2.75) is 56.5 Å². The number of benzene rings is 1. The molecule has 0 aliphatic carbocycles. The minimum atomic E-state index is -3.67. The fourth-order valence-corrected chi connectivity index (χ4v) is 5.34. The van der Waals surface area contributed by atoms with Crippen LogP contribution in [0.4, 0.5) is 4.39 Å². The summed E-state index contributed by atoms with van der Waals surface area (Å²) in [5.41, 5.74) is 7.21. The van der Waals surface area contributed by atoms with Crippen LogP contribution in [0.3, 0.4) is 0 Å². The molecule has 2 atom stereocenters. The molecule has 1 aromatic heterocycles. The molecule has 2 aromatic rings. The highest BCUT2D eigenvalue weighted by Crippen LogP contribution is 2.21. The predicted octanol–water partition coefficient (Wildman–Crippen LogP) is 2.13. The standard InChI is InChI=1S/C20H29FN4O3S/c1-14-20(15(2)28-24-14)29(26,27)23-13-18-7-5-10-25(18)11-9-17(22)12-16-6-3-4-8-19(16)21/h3-4,6,8,17-18,23H,5,7,9-13,22H2,1-2H3/t17-,18-/m0/s1. The van der Waals surface area contributed by atoms with E-state index >= 15 is 0 Å². The third kappa shape index (κ3) is 5.42. The maximum Gasteiger partial charge on any atom is 0.246 e. The van der Waals surface area contributed by atoms with E-state index in [1.807, 2.05) is 6.07 Å². The number of rotatable bonds is 9. The molecule has 1 saturated heterocycles. The van der Waals surface area contributed by atoms with Crippen LogP contribution in [0.15, 0.2) is 33.7 Å². The Kier molecular flexibility index (Phi) is 7.05. The van der Waals surface area contributed by atoms with E-state index in [0.717, 1.165) is 32.4 Å². The molecule has 3 rings (SSSR count). The summed E-state index contributed by atoms with van der Waals surface area (Å²) in [6, 6.07) is 6.66. The molecule has 3 N–H and O–H groups in total. The summed E-state index contributed by atoms with van der Waals surface area (Å²) in [4.78, 5) is 2.38. The first-order chi connectivity index (χ1) is 13.8. The quantitative estimate of drug-likeness (QED) is 0.640. The molecule has 0 spiro atoms. The van der Waals surface area contributed by atoms with Crippen molar-refractivity contribution < 1.29 is 17.3 Å². The van der Waals surface area contributed by atoms with Crippen molar-refractivity contribution in [3.8, 4) is 0 Å². The highest BCUT2D eigenvalue weighted by molar-refractivity contribution is 7.89. The Labute approximate surface area is 171 Å². The van der Waals surface area contributed by atoms with Gasteiger partial charge in [-0.05, 0) is 64.3 Å². The van der Waals surface area contributed by atoms with Gasteiger partial charge in [-0.25, -0.2) is 17.5 Å². The second kappa shape index (κ2) is 9.34. The van der Waals surface area contributed by atoms with Gasteiger partial charge in [0.05, 0.1) is 0 Å². The SMILES string of the molecule is Cc1noc(C)c1S(=O)(=O)NC[C@@H]1CCCN1CC[C@H](N)Cc1ccccc1F. The van der Waals surface area contributed by atoms with Crippen LogP contribution in [0.2, 0.25) is 0 Å². The van der Waals surface area contributed by atoms with Crippen molar-refractivity contribution in [3.05, 3.63) is 47.1 Å². The summed E-state index contributed by atoms with van der Waals surface area (Å²) in [5, 5.41) is 3.72. The topological polar surface area (TPSA) is 101 Å².